The predicted octanol–water partition coefficient (Wildman–Crippen LogP) is 3.15. The highest BCUT2D eigenvalue weighted by molar-refractivity contribution is 7.99. The molecule has 3 heterocycles. The van der Waals surface area contributed by atoms with Gasteiger partial charge in [0.25, 0.3) is 11.1 Å². The van der Waals surface area contributed by atoms with Gasteiger partial charge in [0, 0.05) is 31.2 Å². The van der Waals surface area contributed by atoms with E-state index in [0.29, 0.717) is 53.3 Å². The van der Waals surface area contributed by atoms with Crippen molar-refractivity contribution in [1.29, 1.82) is 0 Å². The monoisotopic (exact) mass is 405 g/mol. The molecule has 140 valence electrons. The van der Waals surface area contributed by atoms with Crippen LogP contribution in [0.4, 0.5) is 0 Å². The molecule has 1 aromatic carbocycles. The van der Waals surface area contributed by atoms with Gasteiger partial charge in [0.2, 0.25) is 5.91 Å². The molecular formula is C18H16ClN3O4S. The van der Waals surface area contributed by atoms with E-state index in [1.807, 2.05) is 0 Å². The van der Waals surface area contributed by atoms with Crippen LogP contribution < -0.4 is 0 Å². The standard InChI is InChI=1S/C18H16ClN3O4S/c19-12-3-4-14-13(10-12)20-18(26-14)27-11-16(23)21-5-7-22(8-6-21)17(24)15-2-1-9-25-15/h1-4,9-10H,5-8,11H2. The third kappa shape index (κ3) is 3.96. The minimum atomic E-state index is -0.147. The predicted molar refractivity (Wildman–Crippen MR) is 101 cm³/mol. The van der Waals surface area contributed by atoms with Gasteiger partial charge < -0.3 is 18.6 Å². The van der Waals surface area contributed by atoms with Crippen LogP contribution in [-0.2, 0) is 4.79 Å². The van der Waals surface area contributed by atoms with E-state index >= 15 is 0 Å². The van der Waals surface area contributed by atoms with Crippen LogP contribution in [0.1, 0.15) is 10.6 Å². The first kappa shape index (κ1) is 17.9. The summed E-state index contributed by atoms with van der Waals surface area (Å²) in [6.45, 7) is 1.96. The molecule has 0 radical (unpaired) electrons. The van der Waals surface area contributed by atoms with Crippen molar-refractivity contribution in [2.45, 2.75) is 5.22 Å². The molecule has 0 bridgehead atoms. The molecule has 1 fully saturated rings. The number of rotatable bonds is 4. The summed E-state index contributed by atoms with van der Waals surface area (Å²) in [5.74, 6) is 0.394. The quantitative estimate of drug-likeness (QED) is 0.620. The molecule has 0 saturated carbocycles. The molecule has 1 saturated heterocycles. The van der Waals surface area contributed by atoms with E-state index in [9.17, 15) is 9.59 Å². The van der Waals surface area contributed by atoms with E-state index in [2.05, 4.69) is 4.98 Å². The second kappa shape index (κ2) is 7.66. The molecule has 0 N–H and O–H groups in total. The van der Waals surface area contributed by atoms with Gasteiger partial charge in [-0.1, -0.05) is 23.4 Å². The number of thioether (sulfide) groups is 1. The average Bonchev–Trinajstić information content (AvgIpc) is 3.35. The fourth-order valence-electron chi connectivity index (χ4n) is 2.87. The van der Waals surface area contributed by atoms with E-state index in [1.54, 1.807) is 40.1 Å². The highest BCUT2D eigenvalue weighted by Gasteiger charge is 2.26. The Balaban J connectivity index is 1.29. The van der Waals surface area contributed by atoms with Crippen molar-refractivity contribution < 1.29 is 18.4 Å². The molecule has 4 rings (SSSR count). The molecule has 0 spiro atoms. The number of hydrogen-bond donors (Lipinski definition) is 0. The summed E-state index contributed by atoms with van der Waals surface area (Å²) in [4.78, 5) is 32.5. The number of amides is 2. The Bertz CT molecular complexity index is 964. The number of halogens is 1. The molecule has 1 aliphatic rings. The van der Waals surface area contributed by atoms with Crippen molar-refractivity contribution in [3.8, 4) is 0 Å². The van der Waals surface area contributed by atoms with Crippen molar-refractivity contribution in [1.82, 2.24) is 14.8 Å². The van der Waals surface area contributed by atoms with Gasteiger partial charge in [-0.15, -0.1) is 0 Å². The second-order valence-corrected chi connectivity index (χ2v) is 7.39. The number of aromatic nitrogens is 1. The minimum Gasteiger partial charge on any atom is -0.459 e. The second-order valence-electron chi connectivity index (χ2n) is 6.03. The molecule has 3 aromatic rings. The van der Waals surface area contributed by atoms with E-state index in [0.717, 1.165) is 0 Å². The lowest BCUT2D eigenvalue weighted by Gasteiger charge is -2.34. The third-order valence-electron chi connectivity index (χ3n) is 4.30. The van der Waals surface area contributed by atoms with Gasteiger partial charge in [0.1, 0.15) is 5.52 Å². The van der Waals surface area contributed by atoms with Crippen LogP contribution in [0.3, 0.4) is 0 Å². The lowest BCUT2D eigenvalue weighted by atomic mass is 10.3. The maximum absolute atomic E-state index is 12.4. The lowest BCUT2D eigenvalue weighted by Crippen LogP contribution is -2.51. The number of benzene rings is 1. The number of nitrogens with zero attached hydrogens (tertiary/aromatic N) is 3. The number of hydrogen-bond acceptors (Lipinski definition) is 6. The molecule has 0 aliphatic carbocycles. The number of furan rings is 1. The molecule has 0 atom stereocenters. The minimum absolute atomic E-state index is 0.00890. The van der Waals surface area contributed by atoms with Crippen LogP contribution in [0.5, 0.6) is 0 Å². The topological polar surface area (TPSA) is 79.8 Å². The van der Waals surface area contributed by atoms with Crippen molar-refractivity contribution in [2.24, 2.45) is 0 Å². The summed E-state index contributed by atoms with van der Waals surface area (Å²) >= 11 is 7.19. The van der Waals surface area contributed by atoms with Gasteiger partial charge in [-0.05, 0) is 30.3 Å². The summed E-state index contributed by atoms with van der Waals surface area (Å²) in [5, 5.41) is 1.03. The maximum Gasteiger partial charge on any atom is 0.289 e. The van der Waals surface area contributed by atoms with Gasteiger partial charge in [-0.2, -0.15) is 0 Å². The van der Waals surface area contributed by atoms with E-state index < -0.39 is 0 Å². The van der Waals surface area contributed by atoms with Crippen LogP contribution in [0.2, 0.25) is 5.02 Å². The van der Waals surface area contributed by atoms with Gasteiger partial charge in [0.05, 0.1) is 12.0 Å². The zero-order chi connectivity index (χ0) is 18.8. The average molecular weight is 406 g/mol. The SMILES string of the molecule is O=C(CSc1nc2cc(Cl)ccc2o1)N1CCN(C(=O)c2ccco2)CC1. The maximum atomic E-state index is 12.4. The molecule has 1 aliphatic heterocycles. The Kier molecular flexibility index (Phi) is 5.09. The Morgan fingerprint density at radius 1 is 1.15 bits per heavy atom. The molecule has 2 amide bonds. The summed E-state index contributed by atoms with van der Waals surface area (Å²) < 4.78 is 10.8. The van der Waals surface area contributed by atoms with Crippen LogP contribution in [0.25, 0.3) is 11.1 Å². The molecule has 2 aromatic heterocycles. The molecule has 9 heteroatoms. The molecular weight excluding hydrogens is 390 g/mol. The molecule has 7 nitrogen and oxygen atoms in total. The Labute approximate surface area is 164 Å². The smallest absolute Gasteiger partial charge is 0.289 e. The summed E-state index contributed by atoms with van der Waals surface area (Å²) in [6, 6.07) is 8.54. The van der Waals surface area contributed by atoms with E-state index in [1.165, 1.54) is 18.0 Å². The first-order valence-electron chi connectivity index (χ1n) is 8.39. The Hall–Kier alpha value is -2.45. The van der Waals surface area contributed by atoms with Crippen molar-refractivity contribution in [2.75, 3.05) is 31.9 Å². The Morgan fingerprint density at radius 2 is 1.93 bits per heavy atom. The van der Waals surface area contributed by atoms with Crippen LogP contribution in [0.15, 0.2) is 50.7 Å². The van der Waals surface area contributed by atoms with Crippen LogP contribution in [0, 0.1) is 0 Å². The van der Waals surface area contributed by atoms with Gasteiger partial charge in [0.15, 0.2) is 11.3 Å². The van der Waals surface area contributed by atoms with Gasteiger partial charge in [-0.25, -0.2) is 4.98 Å². The number of carbonyl (C=O) groups is 2. The fraction of sp³-hybridized carbons (Fsp3) is 0.278. The highest BCUT2D eigenvalue weighted by atomic mass is 35.5. The third-order valence-corrected chi connectivity index (χ3v) is 5.35. The summed E-state index contributed by atoms with van der Waals surface area (Å²) in [5.41, 5.74) is 1.31. The largest absolute Gasteiger partial charge is 0.459 e. The van der Waals surface area contributed by atoms with Crippen LogP contribution in [-0.4, -0.2) is 58.5 Å². The first-order chi connectivity index (χ1) is 13.1. The number of carbonyl (C=O) groups excluding carboxylic acids is 2. The van der Waals surface area contributed by atoms with Crippen molar-refractivity contribution in [3.05, 3.63) is 47.4 Å². The molecule has 27 heavy (non-hydrogen) atoms. The zero-order valence-corrected chi connectivity index (χ0v) is 15.8. The number of fused-ring (bicyclic) bond motifs is 1. The van der Waals surface area contributed by atoms with Crippen molar-refractivity contribution in [3.63, 3.8) is 0 Å². The normalized spacial score (nSPS) is 14.7. The lowest BCUT2D eigenvalue weighted by molar-refractivity contribution is -0.129. The number of piperazine rings is 1. The van der Waals surface area contributed by atoms with E-state index in [-0.39, 0.29) is 17.6 Å². The Morgan fingerprint density at radius 3 is 2.67 bits per heavy atom. The van der Waals surface area contributed by atoms with Crippen molar-refractivity contribution >= 4 is 46.3 Å². The van der Waals surface area contributed by atoms with Gasteiger partial charge >= 0.3 is 0 Å². The zero-order valence-electron chi connectivity index (χ0n) is 14.3. The summed E-state index contributed by atoms with van der Waals surface area (Å²) in [7, 11) is 0. The molecule has 0 unspecified atom stereocenters. The first-order valence-corrected chi connectivity index (χ1v) is 9.76. The highest BCUT2D eigenvalue weighted by Crippen LogP contribution is 2.25. The number of oxazole rings is 1. The van der Waals surface area contributed by atoms with Crippen LogP contribution >= 0.6 is 23.4 Å². The van der Waals surface area contributed by atoms with E-state index in [4.69, 9.17) is 20.4 Å². The van der Waals surface area contributed by atoms with Gasteiger partial charge in [-0.3, -0.25) is 9.59 Å². The fourth-order valence-corrected chi connectivity index (χ4v) is 3.78. The summed E-state index contributed by atoms with van der Waals surface area (Å²) in [6.07, 6.45) is 1.48.